The summed E-state index contributed by atoms with van der Waals surface area (Å²) in [6.07, 6.45) is 1.50. The van der Waals surface area contributed by atoms with Crippen molar-refractivity contribution in [2.75, 3.05) is 19.5 Å². The molecule has 1 aromatic heterocycles. The quantitative estimate of drug-likeness (QED) is 0.702. The Hall–Kier alpha value is -1.07. The highest BCUT2D eigenvalue weighted by atomic mass is 35.5. The first-order valence-electron chi connectivity index (χ1n) is 3.68. The zero-order chi connectivity index (χ0) is 10.0. The van der Waals surface area contributed by atoms with E-state index in [1.165, 1.54) is 10.9 Å². The van der Waals surface area contributed by atoms with Crippen molar-refractivity contribution in [3.05, 3.63) is 21.6 Å². The van der Waals surface area contributed by atoms with Gasteiger partial charge < -0.3 is 5.43 Å². The van der Waals surface area contributed by atoms with Crippen molar-refractivity contribution in [1.29, 1.82) is 0 Å². The summed E-state index contributed by atoms with van der Waals surface area (Å²) in [6, 6.07) is 0. The Morgan fingerprint density at radius 2 is 2.23 bits per heavy atom. The van der Waals surface area contributed by atoms with E-state index in [0.29, 0.717) is 5.69 Å². The van der Waals surface area contributed by atoms with Crippen LogP contribution in [0.2, 0.25) is 5.02 Å². The summed E-state index contributed by atoms with van der Waals surface area (Å²) in [5.74, 6) is 0. The van der Waals surface area contributed by atoms with Crippen molar-refractivity contribution in [2.24, 2.45) is 7.05 Å². The molecule has 0 atom stereocenters. The molecule has 1 heterocycles. The molecule has 0 radical (unpaired) electrons. The van der Waals surface area contributed by atoms with Crippen LogP contribution >= 0.6 is 11.6 Å². The van der Waals surface area contributed by atoms with Gasteiger partial charge in [-0.2, -0.15) is 5.10 Å². The van der Waals surface area contributed by atoms with Crippen LogP contribution in [0, 0.1) is 0 Å². The molecule has 13 heavy (non-hydrogen) atoms. The highest BCUT2D eigenvalue weighted by Gasteiger charge is 2.06. The average Bonchev–Trinajstić information content (AvgIpc) is 2.06. The highest BCUT2D eigenvalue weighted by Crippen LogP contribution is 2.14. The number of hydrogen-bond acceptors (Lipinski definition) is 4. The predicted octanol–water partition coefficient (Wildman–Crippen LogP) is 0.322. The van der Waals surface area contributed by atoms with Gasteiger partial charge in [-0.1, -0.05) is 11.6 Å². The van der Waals surface area contributed by atoms with Crippen molar-refractivity contribution in [3.8, 4) is 0 Å². The molecule has 0 aromatic carbocycles. The molecule has 1 aromatic rings. The number of rotatable bonds is 2. The second-order valence-corrected chi connectivity index (χ2v) is 3.19. The molecule has 0 spiro atoms. The monoisotopic (exact) mass is 202 g/mol. The SMILES string of the molecule is CN(C)Nc1cnn(C)c(=O)c1Cl. The maximum atomic E-state index is 11.3. The number of hydrogen-bond donors (Lipinski definition) is 1. The summed E-state index contributed by atoms with van der Waals surface area (Å²) in [4.78, 5) is 11.3. The standard InChI is InChI=1S/C7H11ClN4O/c1-11(2)10-5-4-9-12(3)7(13)6(5)8/h4,10H,1-3H3. The van der Waals surface area contributed by atoms with Crippen LogP contribution in [0.3, 0.4) is 0 Å². The van der Waals surface area contributed by atoms with Crippen molar-refractivity contribution in [3.63, 3.8) is 0 Å². The van der Waals surface area contributed by atoms with Crippen molar-refractivity contribution < 1.29 is 0 Å². The van der Waals surface area contributed by atoms with Gasteiger partial charge in [0.15, 0.2) is 0 Å². The van der Waals surface area contributed by atoms with Gasteiger partial charge in [0.1, 0.15) is 5.02 Å². The van der Waals surface area contributed by atoms with E-state index < -0.39 is 0 Å². The molecule has 6 heteroatoms. The second kappa shape index (κ2) is 3.76. The number of aromatic nitrogens is 2. The molecule has 0 aliphatic heterocycles. The normalized spacial score (nSPS) is 10.5. The van der Waals surface area contributed by atoms with E-state index >= 15 is 0 Å². The molecule has 0 saturated heterocycles. The Morgan fingerprint density at radius 1 is 1.62 bits per heavy atom. The fourth-order valence-corrected chi connectivity index (χ4v) is 1.04. The molecule has 0 fully saturated rings. The van der Waals surface area contributed by atoms with E-state index in [4.69, 9.17) is 11.6 Å². The minimum absolute atomic E-state index is 0.145. The zero-order valence-electron chi connectivity index (χ0n) is 7.71. The molecule has 0 unspecified atom stereocenters. The molecule has 5 nitrogen and oxygen atoms in total. The molecule has 0 aliphatic carbocycles. The van der Waals surface area contributed by atoms with Gasteiger partial charge in [0.05, 0.1) is 11.9 Å². The van der Waals surface area contributed by atoms with Crippen LogP contribution in [-0.4, -0.2) is 28.9 Å². The number of aryl methyl sites for hydroxylation is 1. The lowest BCUT2D eigenvalue weighted by molar-refractivity contribution is 0.494. The summed E-state index contributed by atoms with van der Waals surface area (Å²) in [5.41, 5.74) is 3.06. The van der Waals surface area contributed by atoms with Gasteiger partial charge in [-0.15, -0.1) is 0 Å². The summed E-state index contributed by atoms with van der Waals surface area (Å²) in [6.45, 7) is 0. The molecule has 0 saturated carbocycles. The zero-order valence-corrected chi connectivity index (χ0v) is 8.46. The fraction of sp³-hybridized carbons (Fsp3) is 0.429. The molecular formula is C7H11ClN4O. The third-order valence-electron chi connectivity index (χ3n) is 1.42. The first-order chi connectivity index (χ1) is 6.02. The number of hydrazine groups is 1. The Balaban J connectivity index is 3.11. The minimum atomic E-state index is -0.312. The van der Waals surface area contributed by atoms with Gasteiger partial charge in [-0.3, -0.25) is 4.79 Å². The predicted molar refractivity (Wildman–Crippen MR) is 51.8 cm³/mol. The van der Waals surface area contributed by atoms with Crippen molar-refractivity contribution in [2.45, 2.75) is 0 Å². The van der Waals surface area contributed by atoms with Gasteiger partial charge in [0.25, 0.3) is 5.56 Å². The third kappa shape index (κ3) is 2.19. The summed E-state index contributed by atoms with van der Waals surface area (Å²) in [7, 11) is 5.15. The van der Waals surface area contributed by atoms with E-state index in [0.717, 1.165) is 0 Å². The maximum absolute atomic E-state index is 11.3. The van der Waals surface area contributed by atoms with Crippen molar-refractivity contribution >= 4 is 17.3 Å². The van der Waals surface area contributed by atoms with Crippen LogP contribution in [0.4, 0.5) is 5.69 Å². The van der Waals surface area contributed by atoms with E-state index in [1.54, 1.807) is 26.2 Å². The molecule has 0 aliphatic rings. The smallest absolute Gasteiger partial charge is 0.287 e. The highest BCUT2D eigenvalue weighted by molar-refractivity contribution is 6.32. The van der Waals surface area contributed by atoms with Crippen LogP contribution in [0.25, 0.3) is 0 Å². The van der Waals surface area contributed by atoms with Gasteiger partial charge in [-0.05, 0) is 0 Å². The molecule has 1 rings (SSSR count). The van der Waals surface area contributed by atoms with Crippen LogP contribution < -0.4 is 11.0 Å². The second-order valence-electron chi connectivity index (χ2n) is 2.81. The summed E-state index contributed by atoms with van der Waals surface area (Å²) in [5, 5.41) is 5.65. The molecule has 0 amide bonds. The Kier molecular flexibility index (Phi) is 2.90. The summed E-state index contributed by atoms with van der Waals surface area (Å²) >= 11 is 5.78. The first kappa shape index (κ1) is 10.0. The fourth-order valence-electron chi connectivity index (χ4n) is 0.830. The van der Waals surface area contributed by atoms with Gasteiger partial charge in [0.2, 0.25) is 0 Å². The molecule has 72 valence electrons. The number of halogens is 1. The number of nitrogens with one attached hydrogen (secondary N) is 1. The van der Waals surface area contributed by atoms with Crippen LogP contribution in [-0.2, 0) is 7.05 Å². The average molecular weight is 203 g/mol. The first-order valence-corrected chi connectivity index (χ1v) is 4.06. The van der Waals surface area contributed by atoms with Crippen LogP contribution in [0.15, 0.2) is 11.0 Å². The lowest BCUT2D eigenvalue weighted by Crippen LogP contribution is -2.25. The maximum Gasteiger partial charge on any atom is 0.287 e. The Morgan fingerprint density at radius 3 is 2.77 bits per heavy atom. The lowest BCUT2D eigenvalue weighted by Gasteiger charge is -2.13. The lowest BCUT2D eigenvalue weighted by atomic mass is 10.5. The van der Waals surface area contributed by atoms with Crippen LogP contribution in [0.1, 0.15) is 0 Å². The molecule has 1 N–H and O–H groups in total. The van der Waals surface area contributed by atoms with E-state index in [-0.39, 0.29) is 10.6 Å². The Bertz CT molecular complexity index is 360. The van der Waals surface area contributed by atoms with Gasteiger partial charge >= 0.3 is 0 Å². The van der Waals surface area contributed by atoms with E-state index in [1.807, 2.05) is 0 Å². The largest absolute Gasteiger partial charge is 0.316 e. The number of nitrogens with zero attached hydrogens (tertiary/aromatic N) is 3. The van der Waals surface area contributed by atoms with Crippen molar-refractivity contribution in [1.82, 2.24) is 14.8 Å². The minimum Gasteiger partial charge on any atom is -0.316 e. The molecular weight excluding hydrogens is 192 g/mol. The number of anilines is 1. The van der Waals surface area contributed by atoms with Gasteiger partial charge in [0, 0.05) is 21.1 Å². The third-order valence-corrected chi connectivity index (χ3v) is 1.79. The van der Waals surface area contributed by atoms with E-state index in [2.05, 4.69) is 10.5 Å². The summed E-state index contributed by atoms with van der Waals surface area (Å²) < 4.78 is 1.18. The topological polar surface area (TPSA) is 50.2 Å². The molecule has 0 bridgehead atoms. The Labute approximate surface area is 80.9 Å². The van der Waals surface area contributed by atoms with Crippen LogP contribution in [0.5, 0.6) is 0 Å². The van der Waals surface area contributed by atoms with Gasteiger partial charge in [-0.25, -0.2) is 9.69 Å². The van der Waals surface area contributed by atoms with E-state index in [9.17, 15) is 4.79 Å².